The lowest BCUT2D eigenvalue weighted by Crippen LogP contribution is -2.29. The van der Waals surface area contributed by atoms with Crippen LogP contribution < -0.4 is 5.73 Å². The Balaban J connectivity index is 2.18. The fourth-order valence-corrected chi connectivity index (χ4v) is 2.65. The van der Waals surface area contributed by atoms with E-state index in [0.717, 1.165) is 0 Å². The summed E-state index contributed by atoms with van der Waals surface area (Å²) >= 11 is 0. The van der Waals surface area contributed by atoms with Crippen molar-refractivity contribution in [1.82, 2.24) is 9.78 Å². The molecule has 3 nitrogen and oxygen atoms in total. The second-order valence-electron chi connectivity index (χ2n) is 5.02. The van der Waals surface area contributed by atoms with Crippen LogP contribution in [0.1, 0.15) is 23.4 Å². The zero-order valence-electron chi connectivity index (χ0n) is 10.7. The number of para-hydroxylation sites is 1. The van der Waals surface area contributed by atoms with Crippen LogP contribution in [-0.4, -0.2) is 15.8 Å². The first kappa shape index (κ1) is 13.2. The molecule has 2 N–H and O–H groups in total. The van der Waals surface area contributed by atoms with Crippen LogP contribution in [0.3, 0.4) is 0 Å². The number of alkyl halides is 3. The van der Waals surface area contributed by atoms with Crippen LogP contribution in [0, 0.1) is 0 Å². The summed E-state index contributed by atoms with van der Waals surface area (Å²) in [4.78, 5) is 0. The third kappa shape index (κ3) is 2.20. The molecule has 0 fully saturated rings. The maximum Gasteiger partial charge on any atom is 0.435 e. The van der Waals surface area contributed by atoms with Crippen molar-refractivity contribution in [2.45, 2.75) is 31.5 Å². The SMILES string of the molecule is NC1CCc2c(c(C(F)(F)F)nn2-c2ccccc2)C1. The summed E-state index contributed by atoms with van der Waals surface area (Å²) in [5, 5.41) is 3.80. The van der Waals surface area contributed by atoms with Crippen LogP contribution in [0.5, 0.6) is 0 Å². The number of hydrogen-bond donors (Lipinski definition) is 1. The number of hydrogen-bond acceptors (Lipinski definition) is 2. The molecule has 0 saturated carbocycles. The van der Waals surface area contributed by atoms with Crippen molar-refractivity contribution in [2.24, 2.45) is 5.73 Å². The average molecular weight is 281 g/mol. The van der Waals surface area contributed by atoms with Gasteiger partial charge in [-0.2, -0.15) is 18.3 Å². The Labute approximate surface area is 114 Å². The van der Waals surface area contributed by atoms with Gasteiger partial charge >= 0.3 is 6.18 Å². The van der Waals surface area contributed by atoms with E-state index in [9.17, 15) is 13.2 Å². The second-order valence-corrected chi connectivity index (χ2v) is 5.02. The molecular weight excluding hydrogens is 267 g/mol. The Bertz CT molecular complexity index is 617. The predicted octanol–water partition coefficient (Wildman–Crippen LogP) is 2.71. The first-order chi connectivity index (χ1) is 9.47. The molecular formula is C14H14F3N3. The monoisotopic (exact) mass is 281 g/mol. The van der Waals surface area contributed by atoms with Crippen LogP contribution in [0.25, 0.3) is 5.69 Å². The highest BCUT2D eigenvalue weighted by molar-refractivity contribution is 5.40. The van der Waals surface area contributed by atoms with Crippen LogP contribution >= 0.6 is 0 Å². The van der Waals surface area contributed by atoms with Gasteiger partial charge in [0.05, 0.1) is 5.69 Å². The summed E-state index contributed by atoms with van der Waals surface area (Å²) in [6, 6.07) is 8.66. The van der Waals surface area contributed by atoms with Crippen molar-refractivity contribution in [3.63, 3.8) is 0 Å². The quantitative estimate of drug-likeness (QED) is 0.873. The lowest BCUT2D eigenvalue weighted by molar-refractivity contribution is -0.142. The first-order valence-corrected chi connectivity index (χ1v) is 6.46. The highest BCUT2D eigenvalue weighted by Crippen LogP contribution is 2.36. The topological polar surface area (TPSA) is 43.8 Å². The fourth-order valence-electron chi connectivity index (χ4n) is 2.65. The summed E-state index contributed by atoms with van der Waals surface area (Å²) < 4.78 is 40.8. The lowest BCUT2D eigenvalue weighted by Gasteiger charge is -2.20. The van der Waals surface area contributed by atoms with Gasteiger partial charge in [0.1, 0.15) is 0 Å². The van der Waals surface area contributed by atoms with E-state index in [-0.39, 0.29) is 18.0 Å². The summed E-state index contributed by atoms with van der Waals surface area (Å²) in [5.41, 5.74) is 6.53. The molecule has 1 aliphatic carbocycles. The number of benzene rings is 1. The van der Waals surface area contributed by atoms with E-state index in [2.05, 4.69) is 5.10 Å². The van der Waals surface area contributed by atoms with Gasteiger partial charge in [-0.05, 0) is 31.4 Å². The van der Waals surface area contributed by atoms with Gasteiger partial charge in [0.2, 0.25) is 0 Å². The van der Waals surface area contributed by atoms with Crippen LogP contribution in [0.15, 0.2) is 30.3 Å². The molecule has 1 aromatic carbocycles. The van der Waals surface area contributed by atoms with Crippen molar-refractivity contribution in [3.05, 3.63) is 47.3 Å². The summed E-state index contributed by atoms with van der Waals surface area (Å²) in [6.07, 6.45) is -3.00. The summed E-state index contributed by atoms with van der Waals surface area (Å²) in [6.45, 7) is 0. The molecule has 20 heavy (non-hydrogen) atoms. The predicted molar refractivity (Wildman–Crippen MR) is 68.6 cm³/mol. The highest BCUT2D eigenvalue weighted by atomic mass is 19.4. The number of aromatic nitrogens is 2. The van der Waals surface area contributed by atoms with Gasteiger partial charge in [0.25, 0.3) is 0 Å². The summed E-state index contributed by atoms with van der Waals surface area (Å²) in [7, 11) is 0. The zero-order chi connectivity index (χ0) is 14.3. The molecule has 0 spiro atoms. The van der Waals surface area contributed by atoms with Crippen LogP contribution in [0.2, 0.25) is 0 Å². The number of nitrogens with zero attached hydrogens (tertiary/aromatic N) is 2. The van der Waals surface area contributed by atoms with Gasteiger partial charge in [0, 0.05) is 17.3 Å². The molecule has 1 atom stereocenters. The molecule has 106 valence electrons. The van der Waals surface area contributed by atoms with Crippen molar-refractivity contribution in [3.8, 4) is 5.69 Å². The third-order valence-corrected chi connectivity index (χ3v) is 3.58. The minimum atomic E-state index is -4.44. The summed E-state index contributed by atoms with van der Waals surface area (Å²) in [5.74, 6) is 0. The Hall–Kier alpha value is -1.82. The van der Waals surface area contributed by atoms with Crippen LogP contribution in [-0.2, 0) is 19.0 Å². The molecule has 1 heterocycles. The first-order valence-electron chi connectivity index (χ1n) is 6.46. The molecule has 1 aromatic heterocycles. The van der Waals surface area contributed by atoms with E-state index >= 15 is 0 Å². The van der Waals surface area contributed by atoms with Gasteiger partial charge in [0.15, 0.2) is 5.69 Å². The van der Waals surface area contributed by atoms with Gasteiger partial charge in [-0.15, -0.1) is 0 Å². The highest BCUT2D eigenvalue weighted by Gasteiger charge is 2.40. The van der Waals surface area contributed by atoms with Crippen molar-refractivity contribution in [2.75, 3.05) is 0 Å². The molecule has 1 aliphatic rings. The molecule has 2 aromatic rings. The molecule has 0 saturated heterocycles. The van der Waals surface area contributed by atoms with E-state index < -0.39 is 11.9 Å². The van der Waals surface area contributed by atoms with Gasteiger partial charge < -0.3 is 5.73 Å². The molecule has 1 unspecified atom stereocenters. The number of nitrogens with two attached hydrogens (primary N) is 1. The number of halogens is 3. The average Bonchev–Trinajstić information content (AvgIpc) is 2.78. The standard InChI is InChI=1S/C14H14F3N3/c15-14(16,17)13-11-8-9(18)6-7-12(11)20(19-13)10-4-2-1-3-5-10/h1-5,9H,6-8,18H2. The van der Waals surface area contributed by atoms with Crippen molar-refractivity contribution < 1.29 is 13.2 Å². The Morgan fingerprint density at radius 2 is 1.90 bits per heavy atom. The molecule has 0 aliphatic heterocycles. The number of rotatable bonds is 1. The smallest absolute Gasteiger partial charge is 0.327 e. The minimum Gasteiger partial charge on any atom is -0.327 e. The van der Waals surface area contributed by atoms with E-state index in [0.29, 0.717) is 24.2 Å². The maximum absolute atomic E-state index is 13.1. The maximum atomic E-state index is 13.1. The normalized spacial score (nSPS) is 18.9. The van der Waals surface area contributed by atoms with Crippen molar-refractivity contribution >= 4 is 0 Å². The van der Waals surface area contributed by atoms with Gasteiger partial charge in [-0.3, -0.25) is 0 Å². The van der Waals surface area contributed by atoms with Crippen LogP contribution in [0.4, 0.5) is 13.2 Å². The Morgan fingerprint density at radius 1 is 1.20 bits per heavy atom. The second kappa shape index (κ2) is 4.63. The Morgan fingerprint density at radius 3 is 2.55 bits per heavy atom. The van der Waals surface area contributed by atoms with Gasteiger partial charge in [-0.25, -0.2) is 4.68 Å². The largest absolute Gasteiger partial charge is 0.435 e. The zero-order valence-corrected chi connectivity index (χ0v) is 10.7. The van der Waals surface area contributed by atoms with E-state index in [4.69, 9.17) is 5.73 Å². The lowest BCUT2D eigenvalue weighted by atomic mass is 9.92. The number of fused-ring (bicyclic) bond motifs is 1. The molecule has 0 amide bonds. The molecule has 0 radical (unpaired) electrons. The van der Waals surface area contributed by atoms with Gasteiger partial charge in [-0.1, -0.05) is 18.2 Å². The molecule has 3 rings (SSSR count). The Kier molecular flexibility index (Phi) is 3.05. The molecule has 6 heteroatoms. The van der Waals surface area contributed by atoms with E-state index in [1.807, 2.05) is 6.07 Å². The van der Waals surface area contributed by atoms with E-state index in [1.165, 1.54) is 4.68 Å². The molecule has 0 bridgehead atoms. The van der Waals surface area contributed by atoms with E-state index in [1.54, 1.807) is 24.3 Å². The minimum absolute atomic E-state index is 0.225. The van der Waals surface area contributed by atoms with Crippen molar-refractivity contribution in [1.29, 1.82) is 0 Å². The fraction of sp³-hybridized carbons (Fsp3) is 0.357. The third-order valence-electron chi connectivity index (χ3n) is 3.58.